The van der Waals surface area contributed by atoms with Gasteiger partial charge < -0.3 is 10.2 Å². The molecule has 1 aliphatic carbocycles. The maximum Gasteiger partial charge on any atom is 0.244 e. The van der Waals surface area contributed by atoms with Crippen molar-refractivity contribution in [1.29, 1.82) is 0 Å². The topological polar surface area (TPSA) is 50.2 Å². The van der Waals surface area contributed by atoms with Crippen LogP contribution >= 0.6 is 0 Å². The summed E-state index contributed by atoms with van der Waals surface area (Å²) in [6.07, 6.45) is 9.62. The highest BCUT2D eigenvalue weighted by Crippen LogP contribution is 2.31. The first kappa shape index (κ1) is 17.7. The number of carbonyl (C=O) groups is 1. The quantitative estimate of drug-likeness (QED) is 0.848. The Balaban J connectivity index is 1.97. The van der Waals surface area contributed by atoms with Crippen molar-refractivity contribution in [3.8, 4) is 0 Å². The van der Waals surface area contributed by atoms with Gasteiger partial charge in [-0.25, -0.2) is 0 Å². The number of hydrogen-bond donors (Lipinski definition) is 1. The Morgan fingerprint density at radius 3 is 2.48 bits per heavy atom. The van der Waals surface area contributed by atoms with Crippen LogP contribution in [0.3, 0.4) is 0 Å². The number of nitrogens with one attached hydrogen (secondary N) is 1. The largest absolute Gasteiger partial charge is 0.351 e. The Morgan fingerprint density at radius 1 is 1.30 bits per heavy atom. The van der Waals surface area contributed by atoms with E-state index in [4.69, 9.17) is 0 Å². The zero-order valence-corrected chi connectivity index (χ0v) is 15.1. The fourth-order valence-electron chi connectivity index (χ4n) is 3.49. The van der Waals surface area contributed by atoms with E-state index in [9.17, 15) is 4.79 Å². The molecule has 1 N–H and O–H groups in total. The van der Waals surface area contributed by atoms with Gasteiger partial charge in [-0.2, -0.15) is 5.10 Å². The van der Waals surface area contributed by atoms with Crippen LogP contribution in [-0.2, 0) is 11.8 Å². The highest BCUT2D eigenvalue weighted by molar-refractivity contribution is 5.92. The summed E-state index contributed by atoms with van der Waals surface area (Å²) < 4.78 is 1.84. The van der Waals surface area contributed by atoms with Gasteiger partial charge in [-0.05, 0) is 46.9 Å². The molecule has 0 saturated heterocycles. The van der Waals surface area contributed by atoms with Crippen LogP contribution < -0.4 is 5.32 Å². The SMILES string of the molecule is Cc1nn(C)c(C)c1/C=C\C(=O)NCC1(N(C)C)CCCCC1. The third-order valence-corrected chi connectivity index (χ3v) is 5.29. The van der Waals surface area contributed by atoms with Crippen LogP contribution in [0, 0.1) is 13.8 Å². The number of likely N-dealkylation sites (N-methyl/N-ethyl adjacent to an activating group) is 1. The zero-order chi connectivity index (χ0) is 17.0. The average Bonchev–Trinajstić information content (AvgIpc) is 2.77. The minimum atomic E-state index is -0.0283. The van der Waals surface area contributed by atoms with Crippen molar-refractivity contribution >= 4 is 12.0 Å². The number of hydrogen-bond acceptors (Lipinski definition) is 3. The van der Waals surface area contributed by atoms with E-state index in [2.05, 4.69) is 29.4 Å². The number of aryl methyl sites for hydroxylation is 2. The summed E-state index contributed by atoms with van der Waals surface area (Å²) in [5.74, 6) is -0.0283. The van der Waals surface area contributed by atoms with E-state index >= 15 is 0 Å². The molecule has 1 aromatic heterocycles. The molecule has 1 aromatic rings. The van der Waals surface area contributed by atoms with Crippen molar-refractivity contribution in [3.05, 3.63) is 23.0 Å². The van der Waals surface area contributed by atoms with Crippen molar-refractivity contribution in [3.63, 3.8) is 0 Å². The first-order valence-electron chi connectivity index (χ1n) is 8.49. The van der Waals surface area contributed by atoms with Crippen molar-refractivity contribution in [1.82, 2.24) is 20.0 Å². The molecule has 2 rings (SSSR count). The Kier molecular flexibility index (Phi) is 5.63. The average molecular weight is 318 g/mol. The first-order chi connectivity index (χ1) is 10.9. The lowest BCUT2D eigenvalue weighted by Gasteiger charge is -2.43. The molecule has 0 radical (unpaired) electrons. The smallest absolute Gasteiger partial charge is 0.244 e. The van der Waals surface area contributed by atoms with Crippen LogP contribution in [0.15, 0.2) is 6.08 Å². The molecule has 0 bridgehead atoms. The predicted octanol–water partition coefficient (Wildman–Crippen LogP) is 2.43. The molecule has 1 heterocycles. The molecule has 0 aromatic carbocycles. The van der Waals surface area contributed by atoms with Gasteiger partial charge in [0.2, 0.25) is 5.91 Å². The van der Waals surface area contributed by atoms with E-state index in [-0.39, 0.29) is 11.4 Å². The maximum absolute atomic E-state index is 12.2. The molecule has 23 heavy (non-hydrogen) atoms. The van der Waals surface area contributed by atoms with E-state index in [1.807, 2.05) is 31.7 Å². The molecule has 1 aliphatic rings. The fraction of sp³-hybridized carbons (Fsp3) is 0.667. The molecule has 1 fully saturated rings. The molecule has 5 nitrogen and oxygen atoms in total. The molecule has 1 saturated carbocycles. The normalized spacial score (nSPS) is 17.8. The first-order valence-corrected chi connectivity index (χ1v) is 8.49. The summed E-state index contributed by atoms with van der Waals surface area (Å²) in [5, 5.41) is 7.47. The van der Waals surface area contributed by atoms with Crippen LogP contribution in [-0.4, -0.2) is 46.8 Å². The summed E-state index contributed by atoms with van der Waals surface area (Å²) in [7, 11) is 6.16. The Bertz CT molecular complexity index is 580. The van der Waals surface area contributed by atoms with Gasteiger partial charge in [-0.1, -0.05) is 19.3 Å². The van der Waals surface area contributed by atoms with E-state index < -0.39 is 0 Å². The van der Waals surface area contributed by atoms with E-state index in [1.165, 1.54) is 19.3 Å². The lowest BCUT2D eigenvalue weighted by molar-refractivity contribution is -0.117. The Hall–Kier alpha value is -1.62. The molecule has 0 unspecified atom stereocenters. The van der Waals surface area contributed by atoms with Gasteiger partial charge in [0.1, 0.15) is 0 Å². The summed E-state index contributed by atoms with van der Waals surface area (Å²) >= 11 is 0. The number of amides is 1. The van der Waals surface area contributed by atoms with Gasteiger partial charge in [0.25, 0.3) is 0 Å². The Morgan fingerprint density at radius 2 is 1.96 bits per heavy atom. The van der Waals surface area contributed by atoms with E-state index in [1.54, 1.807) is 6.08 Å². The maximum atomic E-state index is 12.2. The van der Waals surface area contributed by atoms with E-state index in [0.717, 1.165) is 29.8 Å². The highest BCUT2D eigenvalue weighted by atomic mass is 16.1. The van der Waals surface area contributed by atoms with Gasteiger partial charge >= 0.3 is 0 Å². The van der Waals surface area contributed by atoms with Crippen molar-refractivity contribution in [2.45, 2.75) is 51.5 Å². The number of rotatable bonds is 5. The fourth-order valence-corrected chi connectivity index (χ4v) is 3.49. The Labute approximate surface area is 139 Å². The second kappa shape index (κ2) is 7.30. The summed E-state index contributed by atoms with van der Waals surface area (Å²) in [6, 6.07) is 0. The summed E-state index contributed by atoms with van der Waals surface area (Å²) in [6.45, 7) is 4.70. The van der Waals surface area contributed by atoms with Crippen LogP contribution in [0.4, 0.5) is 0 Å². The minimum absolute atomic E-state index is 0.0283. The predicted molar refractivity (Wildman–Crippen MR) is 94.2 cm³/mol. The molecular weight excluding hydrogens is 288 g/mol. The van der Waals surface area contributed by atoms with Gasteiger partial charge in [0.15, 0.2) is 0 Å². The monoisotopic (exact) mass is 318 g/mol. The summed E-state index contributed by atoms with van der Waals surface area (Å²) in [4.78, 5) is 14.5. The third kappa shape index (κ3) is 4.02. The van der Waals surface area contributed by atoms with Crippen LogP contribution in [0.1, 0.15) is 49.1 Å². The second-order valence-corrected chi connectivity index (χ2v) is 6.94. The zero-order valence-electron chi connectivity index (χ0n) is 15.1. The number of carbonyl (C=O) groups excluding carboxylic acids is 1. The second-order valence-electron chi connectivity index (χ2n) is 6.94. The molecule has 5 heteroatoms. The third-order valence-electron chi connectivity index (χ3n) is 5.29. The standard InChI is InChI=1S/C18H30N4O/c1-14-16(15(2)22(5)20-14)9-10-17(23)19-13-18(21(3)4)11-7-6-8-12-18/h9-10H,6-8,11-13H2,1-5H3,(H,19,23)/b10-9-. The van der Waals surface area contributed by atoms with E-state index in [0.29, 0.717) is 6.54 Å². The van der Waals surface area contributed by atoms with Crippen LogP contribution in [0.25, 0.3) is 6.08 Å². The number of aromatic nitrogens is 2. The van der Waals surface area contributed by atoms with Gasteiger partial charge in [-0.15, -0.1) is 0 Å². The van der Waals surface area contributed by atoms with Crippen LogP contribution in [0.5, 0.6) is 0 Å². The van der Waals surface area contributed by atoms with Crippen molar-refractivity contribution in [2.24, 2.45) is 7.05 Å². The molecule has 128 valence electrons. The van der Waals surface area contributed by atoms with Gasteiger partial charge in [0, 0.05) is 36.5 Å². The molecule has 0 atom stereocenters. The highest BCUT2D eigenvalue weighted by Gasteiger charge is 2.34. The van der Waals surface area contributed by atoms with Crippen molar-refractivity contribution < 1.29 is 4.79 Å². The molecule has 1 amide bonds. The molecule has 0 aliphatic heterocycles. The molecule has 0 spiro atoms. The van der Waals surface area contributed by atoms with Gasteiger partial charge in [-0.3, -0.25) is 9.48 Å². The minimum Gasteiger partial charge on any atom is -0.351 e. The lowest BCUT2D eigenvalue weighted by Crippen LogP contribution is -2.53. The van der Waals surface area contributed by atoms with Gasteiger partial charge in [0.05, 0.1) is 5.69 Å². The lowest BCUT2D eigenvalue weighted by atomic mass is 9.80. The number of nitrogens with zero attached hydrogens (tertiary/aromatic N) is 3. The summed E-state index contributed by atoms with van der Waals surface area (Å²) in [5.41, 5.74) is 3.17. The van der Waals surface area contributed by atoms with Crippen molar-refractivity contribution in [2.75, 3.05) is 20.6 Å². The molecular formula is C18H30N4O. The van der Waals surface area contributed by atoms with Crippen LogP contribution in [0.2, 0.25) is 0 Å².